The van der Waals surface area contributed by atoms with Crippen LogP contribution in [-0.2, 0) is 6.42 Å². The van der Waals surface area contributed by atoms with E-state index in [1.165, 1.54) is 5.56 Å². The summed E-state index contributed by atoms with van der Waals surface area (Å²) in [6.45, 7) is 0.952. The molecule has 0 aliphatic rings. The SMILES string of the molecule is COc1cccc(CCN(C)CO)c1. The summed E-state index contributed by atoms with van der Waals surface area (Å²) in [5.41, 5.74) is 1.23. The van der Waals surface area contributed by atoms with Gasteiger partial charge in [0.25, 0.3) is 0 Å². The molecule has 0 saturated carbocycles. The van der Waals surface area contributed by atoms with Crippen LogP contribution in [0.5, 0.6) is 5.75 Å². The highest BCUT2D eigenvalue weighted by molar-refractivity contribution is 5.28. The Balaban J connectivity index is 2.50. The van der Waals surface area contributed by atoms with Crippen LogP contribution in [0.3, 0.4) is 0 Å². The summed E-state index contributed by atoms with van der Waals surface area (Å²) in [4.78, 5) is 1.86. The van der Waals surface area contributed by atoms with Gasteiger partial charge in [-0.25, -0.2) is 0 Å². The minimum Gasteiger partial charge on any atom is -0.497 e. The fraction of sp³-hybridized carbons (Fsp3) is 0.455. The Bertz CT molecular complexity index is 276. The fourth-order valence-electron chi connectivity index (χ4n) is 1.22. The van der Waals surface area contributed by atoms with Crippen molar-refractivity contribution in [3.63, 3.8) is 0 Å². The third-order valence-electron chi connectivity index (χ3n) is 2.16. The van der Waals surface area contributed by atoms with Crippen molar-refractivity contribution in [1.29, 1.82) is 0 Å². The average Bonchev–Trinajstić information content (AvgIpc) is 2.26. The zero-order valence-corrected chi connectivity index (χ0v) is 8.73. The lowest BCUT2D eigenvalue weighted by molar-refractivity contribution is 0.134. The van der Waals surface area contributed by atoms with Crippen molar-refractivity contribution in [3.05, 3.63) is 29.8 Å². The minimum atomic E-state index is 0.101. The van der Waals surface area contributed by atoms with Gasteiger partial charge in [0.15, 0.2) is 0 Å². The largest absolute Gasteiger partial charge is 0.497 e. The van der Waals surface area contributed by atoms with Gasteiger partial charge < -0.3 is 9.84 Å². The third kappa shape index (κ3) is 3.36. The molecule has 0 spiro atoms. The molecule has 0 bridgehead atoms. The molecule has 78 valence electrons. The number of nitrogens with zero attached hydrogens (tertiary/aromatic N) is 1. The van der Waals surface area contributed by atoms with Gasteiger partial charge in [-0.3, -0.25) is 4.90 Å². The molecule has 1 N–H and O–H groups in total. The van der Waals surface area contributed by atoms with E-state index in [1.807, 2.05) is 30.1 Å². The molecule has 0 amide bonds. The zero-order valence-electron chi connectivity index (χ0n) is 8.73. The monoisotopic (exact) mass is 195 g/mol. The van der Waals surface area contributed by atoms with E-state index in [4.69, 9.17) is 9.84 Å². The standard InChI is InChI=1S/C11H17NO2/c1-12(9-13)7-6-10-4-3-5-11(8-10)14-2/h3-5,8,13H,6-7,9H2,1-2H3. The van der Waals surface area contributed by atoms with Gasteiger partial charge in [0.05, 0.1) is 13.8 Å². The molecule has 0 radical (unpaired) electrons. The van der Waals surface area contributed by atoms with E-state index in [0.29, 0.717) is 0 Å². The van der Waals surface area contributed by atoms with Crippen molar-refractivity contribution in [2.24, 2.45) is 0 Å². The van der Waals surface area contributed by atoms with E-state index >= 15 is 0 Å². The van der Waals surface area contributed by atoms with Gasteiger partial charge in [0.2, 0.25) is 0 Å². The lowest BCUT2D eigenvalue weighted by Gasteiger charge is -2.12. The Morgan fingerprint density at radius 2 is 2.21 bits per heavy atom. The predicted octanol–water partition coefficient (Wildman–Crippen LogP) is 1.12. The van der Waals surface area contributed by atoms with E-state index in [-0.39, 0.29) is 6.73 Å². The number of rotatable bonds is 5. The summed E-state index contributed by atoms with van der Waals surface area (Å²) >= 11 is 0. The van der Waals surface area contributed by atoms with Crippen LogP contribution in [0.2, 0.25) is 0 Å². The van der Waals surface area contributed by atoms with E-state index in [0.717, 1.165) is 18.7 Å². The Kier molecular flexibility index (Phi) is 4.43. The predicted molar refractivity (Wildman–Crippen MR) is 56.4 cm³/mol. The van der Waals surface area contributed by atoms with Crippen LogP contribution in [0.15, 0.2) is 24.3 Å². The Labute approximate surface area is 84.9 Å². The molecule has 0 atom stereocenters. The average molecular weight is 195 g/mol. The number of aliphatic hydroxyl groups is 1. The van der Waals surface area contributed by atoms with Crippen molar-refractivity contribution in [2.45, 2.75) is 6.42 Å². The highest BCUT2D eigenvalue weighted by atomic mass is 16.5. The van der Waals surface area contributed by atoms with Crippen molar-refractivity contribution in [3.8, 4) is 5.75 Å². The van der Waals surface area contributed by atoms with Crippen molar-refractivity contribution < 1.29 is 9.84 Å². The van der Waals surface area contributed by atoms with E-state index in [1.54, 1.807) is 7.11 Å². The maximum Gasteiger partial charge on any atom is 0.119 e. The van der Waals surface area contributed by atoms with E-state index in [2.05, 4.69) is 6.07 Å². The summed E-state index contributed by atoms with van der Waals surface area (Å²) < 4.78 is 5.12. The summed E-state index contributed by atoms with van der Waals surface area (Å²) in [5, 5.41) is 8.81. The number of aliphatic hydroxyl groups excluding tert-OH is 1. The van der Waals surface area contributed by atoms with Gasteiger partial charge in [-0.05, 0) is 31.2 Å². The lowest BCUT2D eigenvalue weighted by Crippen LogP contribution is -2.21. The molecule has 0 fully saturated rings. The second kappa shape index (κ2) is 5.62. The van der Waals surface area contributed by atoms with Crippen molar-refractivity contribution in [1.82, 2.24) is 4.90 Å². The maximum absolute atomic E-state index is 8.81. The normalized spacial score (nSPS) is 10.6. The molecule has 0 aliphatic heterocycles. The number of methoxy groups -OCH3 is 1. The molecule has 14 heavy (non-hydrogen) atoms. The molecular formula is C11H17NO2. The molecule has 0 aromatic heterocycles. The van der Waals surface area contributed by atoms with E-state index in [9.17, 15) is 0 Å². The molecule has 3 nitrogen and oxygen atoms in total. The highest BCUT2D eigenvalue weighted by Crippen LogP contribution is 2.12. The molecule has 1 rings (SSSR count). The van der Waals surface area contributed by atoms with Crippen LogP contribution in [0, 0.1) is 0 Å². The van der Waals surface area contributed by atoms with Gasteiger partial charge in [-0.2, -0.15) is 0 Å². The Morgan fingerprint density at radius 1 is 1.43 bits per heavy atom. The summed E-state index contributed by atoms with van der Waals surface area (Å²) in [6.07, 6.45) is 0.925. The van der Waals surface area contributed by atoms with Gasteiger partial charge in [0.1, 0.15) is 5.75 Å². The van der Waals surface area contributed by atoms with Crippen LogP contribution in [0.4, 0.5) is 0 Å². The molecule has 3 heteroatoms. The van der Waals surface area contributed by atoms with Crippen LogP contribution >= 0.6 is 0 Å². The number of ether oxygens (including phenoxy) is 1. The number of hydrogen-bond acceptors (Lipinski definition) is 3. The van der Waals surface area contributed by atoms with Crippen molar-refractivity contribution in [2.75, 3.05) is 27.4 Å². The molecule has 0 saturated heterocycles. The van der Waals surface area contributed by atoms with Gasteiger partial charge >= 0.3 is 0 Å². The highest BCUT2D eigenvalue weighted by Gasteiger charge is 1.98. The maximum atomic E-state index is 8.81. The third-order valence-corrected chi connectivity index (χ3v) is 2.16. The minimum absolute atomic E-state index is 0.101. The first-order valence-corrected chi connectivity index (χ1v) is 4.68. The molecular weight excluding hydrogens is 178 g/mol. The smallest absolute Gasteiger partial charge is 0.119 e. The summed E-state index contributed by atoms with van der Waals surface area (Å²) in [5.74, 6) is 0.883. The van der Waals surface area contributed by atoms with Gasteiger partial charge in [-0.15, -0.1) is 0 Å². The van der Waals surface area contributed by atoms with Crippen LogP contribution < -0.4 is 4.74 Å². The van der Waals surface area contributed by atoms with Crippen LogP contribution in [0.1, 0.15) is 5.56 Å². The lowest BCUT2D eigenvalue weighted by atomic mass is 10.1. The second-order valence-electron chi connectivity index (χ2n) is 3.32. The summed E-state index contributed by atoms with van der Waals surface area (Å²) in [7, 11) is 3.55. The van der Waals surface area contributed by atoms with E-state index < -0.39 is 0 Å². The molecule has 0 aliphatic carbocycles. The first kappa shape index (κ1) is 11.0. The molecule has 1 aromatic rings. The zero-order chi connectivity index (χ0) is 10.4. The summed E-state index contributed by atoms with van der Waals surface area (Å²) in [6, 6.07) is 7.99. The fourth-order valence-corrected chi connectivity index (χ4v) is 1.22. The van der Waals surface area contributed by atoms with Crippen LogP contribution in [0.25, 0.3) is 0 Å². The second-order valence-corrected chi connectivity index (χ2v) is 3.32. The number of hydrogen-bond donors (Lipinski definition) is 1. The quantitative estimate of drug-likeness (QED) is 0.715. The van der Waals surface area contributed by atoms with Gasteiger partial charge in [0, 0.05) is 6.54 Å². The Hall–Kier alpha value is -1.06. The molecule has 0 heterocycles. The molecule has 1 aromatic carbocycles. The first-order chi connectivity index (χ1) is 6.76. The molecule has 0 unspecified atom stereocenters. The van der Waals surface area contributed by atoms with Crippen LogP contribution in [-0.4, -0.2) is 37.4 Å². The number of likely N-dealkylation sites (N-methyl/N-ethyl adjacent to an activating group) is 1. The topological polar surface area (TPSA) is 32.7 Å². The number of benzene rings is 1. The Morgan fingerprint density at radius 3 is 2.86 bits per heavy atom. The first-order valence-electron chi connectivity index (χ1n) is 4.68. The van der Waals surface area contributed by atoms with Gasteiger partial charge in [-0.1, -0.05) is 12.1 Å². The van der Waals surface area contributed by atoms with Crippen molar-refractivity contribution >= 4 is 0 Å².